The van der Waals surface area contributed by atoms with Gasteiger partial charge in [0.25, 0.3) is 11.5 Å². The van der Waals surface area contributed by atoms with Crippen molar-refractivity contribution in [1.82, 2.24) is 25.3 Å². The summed E-state index contributed by atoms with van der Waals surface area (Å²) in [5.41, 5.74) is 5.64. The molecule has 1 amide bonds. The van der Waals surface area contributed by atoms with Crippen molar-refractivity contribution in [3.05, 3.63) is 40.2 Å². The quantitative estimate of drug-likeness (QED) is 0.514. The maximum Gasteiger partial charge on any atom is 0.304 e. The summed E-state index contributed by atoms with van der Waals surface area (Å²) in [6.45, 7) is 3.26. The molecule has 10 heteroatoms. The molecule has 1 saturated heterocycles. The molecule has 0 radical (unpaired) electrons. The Morgan fingerprint density at radius 1 is 1.15 bits per heavy atom. The van der Waals surface area contributed by atoms with Gasteiger partial charge in [-0.3, -0.25) is 14.6 Å². The number of ether oxygens (including phenoxy) is 1. The summed E-state index contributed by atoms with van der Waals surface area (Å²) in [5.74, 6) is 0.166. The van der Waals surface area contributed by atoms with Gasteiger partial charge < -0.3 is 25.7 Å². The molecule has 0 saturated carbocycles. The number of piperazine rings is 1. The van der Waals surface area contributed by atoms with Crippen LogP contribution in [0.4, 0.5) is 5.95 Å². The smallest absolute Gasteiger partial charge is 0.304 e. The molecule has 1 aliphatic rings. The Balaban J connectivity index is 1.69. The molecule has 26 heavy (non-hydrogen) atoms. The van der Waals surface area contributed by atoms with Crippen LogP contribution in [0.5, 0.6) is 11.8 Å². The molecule has 1 aromatic carbocycles. The molecule has 0 atom stereocenters. The second-order valence-corrected chi connectivity index (χ2v) is 5.83. The van der Waals surface area contributed by atoms with Gasteiger partial charge in [0.1, 0.15) is 5.75 Å². The van der Waals surface area contributed by atoms with Crippen LogP contribution in [0.1, 0.15) is 10.4 Å². The number of H-pyrrole nitrogens is 2. The van der Waals surface area contributed by atoms with Crippen LogP contribution >= 0.6 is 0 Å². The number of aromatic amines is 2. The molecule has 1 fully saturated rings. The highest BCUT2D eigenvalue weighted by Gasteiger charge is 2.18. The average molecular weight is 355 g/mol. The van der Waals surface area contributed by atoms with Crippen molar-refractivity contribution < 1.29 is 9.53 Å². The van der Waals surface area contributed by atoms with Gasteiger partial charge in [-0.25, -0.2) is 0 Å². The molecule has 1 aliphatic heterocycles. The van der Waals surface area contributed by atoms with Crippen molar-refractivity contribution in [2.75, 3.05) is 31.1 Å². The number of carbonyl (C=O) groups is 1. The molecule has 0 spiro atoms. The van der Waals surface area contributed by atoms with Gasteiger partial charge in [0.05, 0.1) is 5.56 Å². The van der Waals surface area contributed by atoms with E-state index >= 15 is 0 Å². The first-order valence-corrected chi connectivity index (χ1v) is 8.14. The topological polar surface area (TPSA) is 142 Å². The van der Waals surface area contributed by atoms with E-state index in [2.05, 4.69) is 25.3 Å². The van der Waals surface area contributed by atoms with Crippen LogP contribution in [0, 0.1) is 0 Å². The second kappa shape index (κ2) is 6.48. The van der Waals surface area contributed by atoms with Gasteiger partial charge in [0.2, 0.25) is 5.95 Å². The Morgan fingerprint density at radius 2 is 1.92 bits per heavy atom. The van der Waals surface area contributed by atoms with Gasteiger partial charge >= 0.3 is 6.01 Å². The number of hydrogen-bond donors (Lipinski definition) is 4. The molecule has 134 valence electrons. The van der Waals surface area contributed by atoms with E-state index in [-0.39, 0.29) is 28.5 Å². The highest BCUT2D eigenvalue weighted by Crippen LogP contribution is 2.23. The monoisotopic (exact) mass is 355 g/mol. The number of amides is 1. The third kappa shape index (κ3) is 2.97. The van der Waals surface area contributed by atoms with Crippen molar-refractivity contribution in [1.29, 1.82) is 0 Å². The molecule has 4 rings (SSSR count). The minimum absolute atomic E-state index is 0.0606. The first-order valence-electron chi connectivity index (χ1n) is 8.14. The zero-order valence-electron chi connectivity index (χ0n) is 13.8. The van der Waals surface area contributed by atoms with Crippen LogP contribution in [0.3, 0.4) is 0 Å². The molecular formula is C16H17N7O3. The fourth-order valence-corrected chi connectivity index (χ4v) is 2.81. The molecule has 5 N–H and O–H groups in total. The standard InChI is InChI=1S/C16H17N7O3/c17-12(24)9-3-1-2-4-10(9)26-16-21-13-11(14(25)22-16)19-15(20-13)23-7-5-18-6-8-23/h1-4,18H,5-8H2,(H2,17,24)(H2,19,20,21,22,25). The van der Waals surface area contributed by atoms with Crippen LogP contribution < -0.4 is 26.2 Å². The number of aromatic nitrogens is 4. The number of carbonyl (C=O) groups excluding carboxylic acids is 1. The molecule has 0 bridgehead atoms. The molecule has 0 unspecified atom stereocenters. The second-order valence-electron chi connectivity index (χ2n) is 5.83. The highest BCUT2D eigenvalue weighted by molar-refractivity contribution is 5.95. The zero-order valence-corrected chi connectivity index (χ0v) is 13.8. The lowest BCUT2D eigenvalue weighted by molar-refractivity contribution is 0.0998. The summed E-state index contributed by atoms with van der Waals surface area (Å²) in [5, 5.41) is 3.26. The van der Waals surface area contributed by atoms with Crippen molar-refractivity contribution in [2.45, 2.75) is 0 Å². The molecule has 10 nitrogen and oxygen atoms in total. The highest BCUT2D eigenvalue weighted by atomic mass is 16.5. The SMILES string of the molecule is NC(=O)c1ccccc1Oc1nc2nc(N3CCNCC3)[nH]c2c(=O)[nH]1. The van der Waals surface area contributed by atoms with Crippen molar-refractivity contribution in [3.63, 3.8) is 0 Å². The van der Waals surface area contributed by atoms with Gasteiger partial charge in [0, 0.05) is 26.2 Å². The minimum atomic E-state index is -0.634. The molecule has 2 aromatic heterocycles. The van der Waals surface area contributed by atoms with Crippen LogP contribution in [-0.4, -0.2) is 52.0 Å². The Labute approximate surface area is 147 Å². The number of nitrogens with two attached hydrogens (primary N) is 1. The number of nitrogens with one attached hydrogen (secondary N) is 3. The van der Waals surface area contributed by atoms with Crippen LogP contribution in [-0.2, 0) is 0 Å². The number of imidazole rings is 1. The van der Waals surface area contributed by atoms with Gasteiger partial charge in [-0.1, -0.05) is 12.1 Å². The maximum absolute atomic E-state index is 12.3. The average Bonchev–Trinajstić information content (AvgIpc) is 3.07. The van der Waals surface area contributed by atoms with E-state index in [0.29, 0.717) is 5.95 Å². The summed E-state index contributed by atoms with van der Waals surface area (Å²) in [6.07, 6.45) is 0. The van der Waals surface area contributed by atoms with Crippen LogP contribution in [0.15, 0.2) is 29.1 Å². The number of rotatable bonds is 4. The van der Waals surface area contributed by atoms with E-state index in [9.17, 15) is 9.59 Å². The predicted octanol–water partition coefficient (Wildman–Crippen LogP) is -0.0530. The fourth-order valence-electron chi connectivity index (χ4n) is 2.81. The van der Waals surface area contributed by atoms with E-state index < -0.39 is 11.5 Å². The molecule has 0 aliphatic carbocycles. The molecule has 3 aromatic rings. The van der Waals surface area contributed by atoms with Gasteiger partial charge in [0.15, 0.2) is 11.2 Å². The molecular weight excluding hydrogens is 338 g/mol. The number of fused-ring (bicyclic) bond motifs is 1. The summed E-state index contributed by atoms with van der Waals surface area (Å²) >= 11 is 0. The largest absolute Gasteiger partial charge is 0.425 e. The summed E-state index contributed by atoms with van der Waals surface area (Å²) in [6, 6.07) is 6.40. The van der Waals surface area contributed by atoms with E-state index in [0.717, 1.165) is 26.2 Å². The first kappa shape index (κ1) is 16.1. The Morgan fingerprint density at radius 3 is 2.69 bits per heavy atom. The molecule has 3 heterocycles. The lowest BCUT2D eigenvalue weighted by atomic mass is 10.2. The summed E-state index contributed by atoms with van der Waals surface area (Å²) < 4.78 is 5.57. The number of primary amides is 1. The van der Waals surface area contributed by atoms with E-state index in [1.807, 2.05) is 4.90 Å². The van der Waals surface area contributed by atoms with Crippen LogP contribution in [0.2, 0.25) is 0 Å². The van der Waals surface area contributed by atoms with Crippen molar-refractivity contribution >= 4 is 23.0 Å². The van der Waals surface area contributed by atoms with Gasteiger partial charge in [-0.15, -0.1) is 0 Å². The Bertz CT molecular complexity index is 1020. The lowest BCUT2D eigenvalue weighted by Gasteiger charge is -2.26. The van der Waals surface area contributed by atoms with Gasteiger partial charge in [-0.05, 0) is 12.1 Å². The van der Waals surface area contributed by atoms with E-state index in [1.54, 1.807) is 18.2 Å². The number of para-hydroxylation sites is 1. The van der Waals surface area contributed by atoms with Crippen molar-refractivity contribution in [3.8, 4) is 11.8 Å². The first-order chi connectivity index (χ1) is 12.6. The lowest BCUT2D eigenvalue weighted by Crippen LogP contribution is -2.44. The van der Waals surface area contributed by atoms with E-state index in [4.69, 9.17) is 10.5 Å². The minimum Gasteiger partial charge on any atom is -0.425 e. The zero-order chi connectivity index (χ0) is 18.1. The van der Waals surface area contributed by atoms with Gasteiger partial charge in [-0.2, -0.15) is 9.97 Å². The Hall–Kier alpha value is -3.40. The summed E-state index contributed by atoms with van der Waals surface area (Å²) in [7, 11) is 0. The summed E-state index contributed by atoms with van der Waals surface area (Å²) in [4.78, 5) is 40.0. The van der Waals surface area contributed by atoms with E-state index in [1.165, 1.54) is 6.07 Å². The third-order valence-electron chi connectivity index (χ3n) is 4.10. The normalized spacial score (nSPS) is 14.5. The number of nitrogens with zero attached hydrogens (tertiary/aromatic N) is 3. The maximum atomic E-state index is 12.3. The third-order valence-corrected chi connectivity index (χ3v) is 4.10. The fraction of sp³-hybridized carbons (Fsp3) is 0.250. The number of hydrogen-bond acceptors (Lipinski definition) is 7. The van der Waals surface area contributed by atoms with Crippen molar-refractivity contribution in [2.24, 2.45) is 5.73 Å². The van der Waals surface area contributed by atoms with Crippen LogP contribution in [0.25, 0.3) is 11.2 Å². The Kier molecular flexibility index (Phi) is 4.01. The number of benzene rings is 1. The number of anilines is 1. The predicted molar refractivity (Wildman–Crippen MR) is 94.6 cm³/mol.